The van der Waals surface area contributed by atoms with E-state index in [1.807, 2.05) is 0 Å². The van der Waals surface area contributed by atoms with Crippen molar-refractivity contribution in [3.05, 3.63) is 60.7 Å². The van der Waals surface area contributed by atoms with Crippen LogP contribution in [0.4, 0.5) is 5.69 Å². The van der Waals surface area contributed by atoms with Crippen molar-refractivity contribution < 1.29 is 19.0 Å². The van der Waals surface area contributed by atoms with Gasteiger partial charge in [0.15, 0.2) is 0 Å². The Labute approximate surface area is 189 Å². The van der Waals surface area contributed by atoms with Gasteiger partial charge in [0, 0.05) is 47.2 Å². The average Bonchev–Trinajstić information content (AvgIpc) is 2.81. The zero-order chi connectivity index (χ0) is 22.7. The highest BCUT2D eigenvalue weighted by atomic mass is 31.0. The molecule has 3 aromatic heterocycles. The minimum Gasteiger partial charge on any atom is -0.496 e. The molecule has 0 spiro atoms. The zero-order valence-electron chi connectivity index (χ0n) is 17.3. The molecule has 0 fully saturated rings. The van der Waals surface area contributed by atoms with Gasteiger partial charge in [-0.05, 0) is 24.3 Å². The number of methoxy groups -OCH3 is 2. The lowest BCUT2D eigenvalue weighted by Gasteiger charge is -2.15. The molecule has 0 bridgehead atoms. The van der Waals surface area contributed by atoms with Gasteiger partial charge in [0.25, 0.3) is 5.91 Å². The van der Waals surface area contributed by atoms with Gasteiger partial charge >= 0.3 is 0 Å². The maximum absolute atomic E-state index is 12.7. The molecule has 0 aliphatic rings. The lowest BCUT2D eigenvalue weighted by atomic mass is 10.2. The molecule has 0 aliphatic carbocycles. The SMILES string of the molecule is COc1cc2nccc(Oc3c(P)cc(NC(=O)c4cnccc4OC)cc3P)c2cn1. The summed E-state index contributed by atoms with van der Waals surface area (Å²) in [6.45, 7) is 0. The Morgan fingerprint density at radius 2 is 1.69 bits per heavy atom. The van der Waals surface area contributed by atoms with E-state index < -0.39 is 0 Å². The van der Waals surface area contributed by atoms with Crippen LogP contribution in [-0.2, 0) is 0 Å². The summed E-state index contributed by atoms with van der Waals surface area (Å²) in [6.07, 6.45) is 6.36. The average molecular weight is 466 g/mol. The second-order valence-electron chi connectivity index (χ2n) is 6.67. The minimum absolute atomic E-state index is 0.322. The number of ether oxygens (including phenoxy) is 3. The number of carbonyl (C=O) groups is 1. The summed E-state index contributed by atoms with van der Waals surface area (Å²) in [5.41, 5.74) is 1.66. The molecule has 1 N–H and O–H groups in total. The maximum Gasteiger partial charge on any atom is 0.261 e. The van der Waals surface area contributed by atoms with Crippen LogP contribution in [0.15, 0.2) is 55.1 Å². The molecule has 10 heteroatoms. The summed E-state index contributed by atoms with van der Waals surface area (Å²) in [4.78, 5) is 25.3. The first kappa shape index (κ1) is 21.9. The first-order chi connectivity index (χ1) is 15.5. The summed E-state index contributed by atoms with van der Waals surface area (Å²) in [5, 5.41) is 5.15. The Balaban J connectivity index is 1.61. The van der Waals surface area contributed by atoms with Crippen LogP contribution in [0.2, 0.25) is 0 Å². The van der Waals surface area contributed by atoms with E-state index >= 15 is 0 Å². The van der Waals surface area contributed by atoms with Crippen LogP contribution in [0.5, 0.6) is 23.1 Å². The van der Waals surface area contributed by atoms with Gasteiger partial charge in [-0.1, -0.05) is 0 Å². The number of fused-ring (bicyclic) bond motifs is 1. The van der Waals surface area contributed by atoms with E-state index in [1.54, 1.807) is 56.0 Å². The molecule has 8 nitrogen and oxygen atoms in total. The lowest BCUT2D eigenvalue weighted by Crippen LogP contribution is -2.17. The van der Waals surface area contributed by atoms with Gasteiger partial charge in [0.05, 0.1) is 30.7 Å². The summed E-state index contributed by atoms with van der Waals surface area (Å²) < 4.78 is 16.6. The van der Waals surface area contributed by atoms with Gasteiger partial charge < -0.3 is 19.5 Å². The van der Waals surface area contributed by atoms with Crippen molar-refractivity contribution in [1.82, 2.24) is 15.0 Å². The lowest BCUT2D eigenvalue weighted by molar-refractivity contribution is 0.102. The number of nitrogens with one attached hydrogen (secondary N) is 1. The van der Waals surface area contributed by atoms with Crippen LogP contribution in [0.1, 0.15) is 10.4 Å². The van der Waals surface area contributed by atoms with Crippen molar-refractivity contribution in [2.45, 2.75) is 0 Å². The third-order valence-corrected chi connectivity index (χ3v) is 5.49. The van der Waals surface area contributed by atoms with Crippen molar-refractivity contribution in [1.29, 1.82) is 0 Å². The number of nitrogens with zero attached hydrogens (tertiary/aromatic N) is 3. The molecule has 162 valence electrons. The Bertz CT molecular complexity index is 1290. The zero-order valence-corrected chi connectivity index (χ0v) is 19.6. The normalized spacial score (nSPS) is 10.6. The predicted molar refractivity (Wildman–Crippen MR) is 130 cm³/mol. The molecule has 32 heavy (non-hydrogen) atoms. The Morgan fingerprint density at radius 1 is 0.938 bits per heavy atom. The number of anilines is 1. The van der Waals surface area contributed by atoms with Crippen LogP contribution >= 0.6 is 18.5 Å². The van der Waals surface area contributed by atoms with Crippen molar-refractivity contribution >= 4 is 51.6 Å². The Hall–Kier alpha value is -3.34. The van der Waals surface area contributed by atoms with Gasteiger partial charge in [-0.3, -0.25) is 14.8 Å². The molecule has 1 amide bonds. The van der Waals surface area contributed by atoms with E-state index in [2.05, 4.69) is 38.7 Å². The number of hydrogen-bond acceptors (Lipinski definition) is 7. The first-order valence-electron chi connectivity index (χ1n) is 9.45. The third kappa shape index (κ3) is 4.47. The predicted octanol–water partition coefficient (Wildman–Crippen LogP) is 3.09. The molecule has 0 radical (unpaired) electrons. The molecule has 0 saturated carbocycles. The summed E-state index contributed by atoms with van der Waals surface area (Å²) >= 11 is 0. The van der Waals surface area contributed by atoms with Crippen molar-refractivity contribution in [2.24, 2.45) is 0 Å². The number of aromatic nitrogens is 3. The molecular weight excluding hydrogens is 446 g/mol. The number of carbonyl (C=O) groups excluding carboxylic acids is 1. The Morgan fingerprint density at radius 3 is 2.41 bits per heavy atom. The van der Waals surface area contributed by atoms with Crippen molar-refractivity contribution in [2.75, 3.05) is 19.5 Å². The standard InChI is InChI=1S/C22H20N4O4P2/c1-28-16-3-5-23-10-14(16)22(27)26-12-7-18(31)21(19(32)8-12)30-17-4-6-24-15-9-20(29-2)25-11-13(15)17/h3-11H,31-32H2,1-2H3,(H,26,27). The molecule has 2 atom stereocenters. The van der Waals surface area contributed by atoms with E-state index in [0.717, 1.165) is 16.0 Å². The summed E-state index contributed by atoms with van der Waals surface area (Å²) in [5.74, 6) is 1.84. The van der Waals surface area contributed by atoms with E-state index in [0.29, 0.717) is 39.9 Å². The molecular formula is C22H20N4O4P2. The van der Waals surface area contributed by atoms with Crippen LogP contribution in [0, 0.1) is 0 Å². The fraction of sp³-hybridized carbons (Fsp3) is 0.0909. The van der Waals surface area contributed by atoms with Crippen LogP contribution in [0.25, 0.3) is 10.9 Å². The van der Waals surface area contributed by atoms with Crippen LogP contribution in [-0.4, -0.2) is 35.1 Å². The topological polar surface area (TPSA) is 95.5 Å². The molecule has 1 aromatic carbocycles. The molecule has 0 aliphatic heterocycles. The highest BCUT2D eigenvalue weighted by molar-refractivity contribution is 7.30. The summed E-state index contributed by atoms with van der Waals surface area (Å²) in [6, 6.07) is 8.77. The maximum atomic E-state index is 12.7. The quantitative estimate of drug-likeness (QED) is 0.437. The van der Waals surface area contributed by atoms with Crippen molar-refractivity contribution in [3.8, 4) is 23.1 Å². The van der Waals surface area contributed by atoms with Gasteiger partial charge in [-0.15, -0.1) is 18.5 Å². The number of benzene rings is 1. The molecule has 3 heterocycles. The largest absolute Gasteiger partial charge is 0.496 e. The minimum atomic E-state index is -0.322. The number of hydrogen-bond donors (Lipinski definition) is 1. The van der Waals surface area contributed by atoms with Crippen LogP contribution < -0.4 is 30.1 Å². The van der Waals surface area contributed by atoms with E-state index in [-0.39, 0.29) is 5.91 Å². The fourth-order valence-corrected chi connectivity index (χ4v) is 4.08. The third-order valence-electron chi connectivity index (χ3n) is 4.63. The van der Waals surface area contributed by atoms with Crippen molar-refractivity contribution in [3.63, 3.8) is 0 Å². The van der Waals surface area contributed by atoms with Gasteiger partial charge in [-0.2, -0.15) is 0 Å². The smallest absolute Gasteiger partial charge is 0.261 e. The number of pyridine rings is 3. The van der Waals surface area contributed by atoms with Gasteiger partial charge in [0.1, 0.15) is 17.2 Å². The van der Waals surface area contributed by atoms with E-state index in [9.17, 15) is 4.79 Å². The van der Waals surface area contributed by atoms with E-state index in [1.165, 1.54) is 13.3 Å². The monoisotopic (exact) mass is 466 g/mol. The molecule has 4 aromatic rings. The highest BCUT2D eigenvalue weighted by Gasteiger charge is 2.15. The number of amides is 1. The molecule has 0 saturated heterocycles. The second kappa shape index (κ2) is 9.43. The Kier molecular flexibility index (Phi) is 6.45. The molecule has 2 unspecified atom stereocenters. The first-order valence-corrected chi connectivity index (χ1v) is 10.6. The van der Waals surface area contributed by atoms with Crippen LogP contribution in [0.3, 0.4) is 0 Å². The number of rotatable bonds is 6. The second-order valence-corrected chi connectivity index (χ2v) is 7.91. The van der Waals surface area contributed by atoms with Gasteiger partial charge in [-0.25, -0.2) is 4.98 Å². The van der Waals surface area contributed by atoms with E-state index in [4.69, 9.17) is 14.2 Å². The highest BCUT2D eigenvalue weighted by Crippen LogP contribution is 2.30. The fourth-order valence-electron chi connectivity index (χ4n) is 3.10. The summed E-state index contributed by atoms with van der Waals surface area (Å²) in [7, 11) is 8.33. The molecule has 4 rings (SSSR count). The van der Waals surface area contributed by atoms with Gasteiger partial charge in [0.2, 0.25) is 5.88 Å².